The molecule has 2 aromatic rings. The van der Waals surface area contributed by atoms with Crippen LogP contribution in [0.2, 0.25) is 0 Å². The second kappa shape index (κ2) is 5.58. The molecular formula is C11H17N5O. The van der Waals surface area contributed by atoms with Crippen LogP contribution in [0.4, 0.5) is 0 Å². The molecule has 2 rings (SSSR count). The maximum atomic E-state index is 5.20. The van der Waals surface area contributed by atoms with Crippen LogP contribution in [0.15, 0.2) is 22.8 Å². The lowest BCUT2D eigenvalue weighted by Crippen LogP contribution is -2.24. The number of aromatic nitrogens is 4. The highest BCUT2D eigenvalue weighted by Gasteiger charge is 2.07. The highest BCUT2D eigenvalue weighted by Crippen LogP contribution is 2.12. The standard InChI is InChI=1S/C11H17N5O/c1-9(2)8-12-5-6-16-14-11(13-15-16)10-4-3-7-17-10/h3-4,7,9,12H,5-6,8H2,1-2H3. The summed E-state index contributed by atoms with van der Waals surface area (Å²) in [6.45, 7) is 6.90. The SMILES string of the molecule is CC(C)CNCCn1nnc(-c2ccco2)n1. The molecule has 6 nitrogen and oxygen atoms in total. The van der Waals surface area contributed by atoms with E-state index in [0.717, 1.165) is 13.1 Å². The van der Waals surface area contributed by atoms with Crippen molar-refractivity contribution >= 4 is 0 Å². The zero-order valence-electron chi connectivity index (χ0n) is 10.1. The van der Waals surface area contributed by atoms with Gasteiger partial charge in [-0.1, -0.05) is 13.8 Å². The molecule has 0 saturated carbocycles. The largest absolute Gasteiger partial charge is 0.461 e. The molecule has 0 aliphatic carbocycles. The summed E-state index contributed by atoms with van der Waals surface area (Å²) in [4.78, 5) is 1.57. The lowest BCUT2D eigenvalue weighted by Gasteiger charge is -2.05. The van der Waals surface area contributed by atoms with E-state index in [1.54, 1.807) is 17.1 Å². The molecule has 1 N–H and O–H groups in total. The minimum absolute atomic E-state index is 0.527. The minimum Gasteiger partial charge on any atom is -0.461 e. The summed E-state index contributed by atoms with van der Waals surface area (Å²) in [5, 5.41) is 15.5. The number of tetrazole rings is 1. The summed E-state index contributed by atoms with van der Waals surface area (Å²) in [5.74, 6) is 1.82. The van der Waals surface area contributed by atoms with E-state index in [2.05, 4.69) is 34.6 Å². The third-order valence-corrected chi connectivity index (χ3v) is 2.24. The van der Waals surface area contributed by atoms with E-state index in [0.29, 0.717) is 24.0 Å². The molecule has 0 atom stereocenters. The Kier molecular flexibility index (Phi) is 3.87. The molecule has 2 heterocycles. The number of hydrogen-bond donors (Lipinski definition) is 1. The summed E-state index contributed by atoms with van der Waals surface area (Å²) in [7, 11) is 0. The van der Waals surface area contributed by atoms with Gasteiger partial charge < -0.3 is 9.73 Å². The topological polar surface area (TPSA) is 68.8 Å². The number of hydrogen-bond acceptors (Lipinski definition) is 5. The van der Waals surface area contributed by atoms with Gasteiger partial charge in [-0.25, -0.2) is 0 Å². The third-order valence-electron chi connectivity index (χ3n) is 2.24. The lowest BCUT2D eigenvalue weighted by molar-refractivity contribution is 0.468. The Morgan fingerprint density at radius 3 is 3.06 bits per heavy atom. The van der Waals surface area contributed by atoms with Gasteiger partial charge in [0.2, 0.25) is 5.82 Å². The molecule has 92 valence electrons. The average Bonchev–Trinajstić information content (AvgIpc) is 2.94. The van der Waals surface area contributed by atoms with Crippen LogP contribution in [-0.2, 0) is 6.54 Å². The minimum atomic E-state index is 0.527. The van der Waals surface area contributed by atoms with Gasteiger partial charge in [0.15, 0.2) is 5.76 Å². The first kappa shape index (κ1) is 11.8. The van der Waals surface area contributed by atoms with Crippen LogP contribution in [-0.4, -0.2) is 33.3 Å². The van der Waals surface area contributed by atoms with Gasteiger partial charge in [-0.3, -0.25) is 0 Å². The van der Waals surface area contributed by atoms with Crippen molar-refractivity contribution in [2.75, 3.05) is 13.1 Å². The van der Waals surface area contributed by atoms with E-state index in [1.165, 1.54) is 0 Å². The molecule has 0 spiro atoms. The molecule has 0 unspecified atom stereocenters. The van der Waals surface area contributed by atoms with Crippen LogP contribution in [0.5, 0.6) is 0 Å². The van der Waals surface area contributed by atoms with E-state index in [9.17, 15) is 0 Å². The summed E-state index contributed by atoms with van der Waals surface area (Å²) >= 11 is 0. The third kappa shape index (κ3) is 3.39. The van der Waals surface area contributed by atoms with E-state index >= 15 is 0 Å². The Bertz CT molecular complexity index is 434. The van der Waals surface area contributed by atoms with Gasteiger partial charge in [-0.2, -0.15) is 4.80 Å². The number of furan rings is 1. The Morgan fingerprint density at radius 2 is 2.35 bits per heavy atom. The van der Waals surface area contributed by atoms with E-state index in [4.69, 9.17) is 4.42 Å². The van der Waals surface area contributed by atoms with Crippen molar-refractivity contribution in [3.8, 4) is 11.6 Å². The van der Waals surface area contributed by atoms with Crippen LogP contribution in [0.3, 0.4) is 0 Å². The summed E-state index contributed by atoms with van der Waals surface area (Å²) in [6.07, 6.45) is 1.60. The van der Waals surface area contributed by atoms with Gasteiger partial charge in [0.1, 0.15) is 0 Å². The van der Waals surface area contributed by atoms with E-state index in [-0.39, 0.29) is 0 Å². The Hall–Kier alpha value is -1.69. The smallest absolute Gasteiger partial charge is 0.240 e. The first-order chi connectivity index (χ1) is 8.25. The van der Waals surface area contributed by atoms with Crippen molar-refractivity contribution in [1.82, 2.24) is 25.5 Å². The maximum absolute atomic E-state index is 5.20. The summed E-state index contributed by atoms with van der Waals surface area (Å²) in [5.41, 5.74) is 0. The van der Waals surface area contributed by atoms with Crippen LogP contribution >= 0.6 is 0 Å². The second-order valence-corrected chi connectivity index (χ2v) is 4.28. The fourth-order valence-corrected chi connectivity index (χ4v) is 1.41. The van der Waals surface area contributed by atoms with E-state index < -0.39 is 0 Å². The van der Waals surface area contributed by atoms with Gasteiger partial charge >= 0.3 is 0 Å². The lowest BCUT2D eigenvalue weighted by atomic mass is 10.2. The molecule has 0 saturated heterocycles. The Morgan fingerprint density at radius 1 is 1.47 bits per heavy atom. The molecule has 0 amide bonds. The van der Waals surface area contributed by atoms with Crippen molar-refractivity contribution < 1.29 is 4.42 Å². The van der Waals surface area contributed by atoms with Crippen molar-refractivity contribution in [2.24, 2.45) is 5.92 Å². The van der Waals surface area contributed by atoms with Crippen LogP contribution in [0, 0.1) is 5.92 Å². The Balaban J connectivity index is 1.83. The fourth-order valence-electron chi connectivity index (χ4n) is 1.41. The molecule has 0 aliphatic heterocycles. The molecule has 17 heavy (non-hydrogen) atoms. The predicted octanol–water partition coefficient (Wildman–Crippen LogP) is 1.18. The molecule has 6 heteroatoms. The van der Waals surface area contributed by atoms with Gasteiger partial charge in [-0.05, 0) is 29.8 Å². The Labute approximate surface area is 100 Å². The second-order valence-electron chi connectivity index (χ2n) is 4.28. The first-order valence-electron chi connectivity index (χ1n) is 5.78. The first-order valence-corrected chi connectivity index (χ1v) is 5.78. The van der Waals surface area contributed by atoms with Gasteiger partial charge in [0.25, 0.3) is 0 Å². The van der Waals surface area contributed by atoms with Crippen molar-refractivity contribution in [2.45, 2.75) is 20.4 Å². The predicted molar refractivity (Wildman–Crippen MR) is 63.2 cm³/mol. The highest BCUT2D eigenvalue weighted by molar-refractivity contribution is 5.43. The molecule has 0 radical (unpaired) electrons. The molecule has 0 fully saturated rings. The van der Waals surface area contributed by atoms with E-state index in [1.807, 2.05) is 6.07 Å². The summed E-state index contributed by atoms with van der Waals surface area (Å²) < 4.78 is 5.20. The van der Waals surface area contributed by atoms with Gasteiger partial charge in [0.05, 0.1) is 12.8 Å². The number of nitrogens with zero attached hydrogens (tertiary/aromatic N) is 4. The molecule has 0 aromatic carbocycles. The normalized spacial score (nSPS) is 11.2. The molecule has 0 aliphatic rings. The zero-order chi connectivity index (χ0) is 12.1. The number of rotatable bonds is 6. The fraction of sp³-hybridized carbons (Fsp3) is 0.545. The quantitative estimate of drug-likeness (QED) is 0.761. The molecule has 0 bridgehead atoms. The van der Waals surface area contributed by atoms with Crippen LogP contribution in [0.1, 0.15) is 13.8 Å². The van der Waals surface area contributed by atoms with Crippen molar-refractivity contribution in [3.63, 3.8) is 0 Å². The van der Waals surface area contributed by atoms with Gasteiger partial charge in [-0.15, -0.1) is 10.2 Å². The monoisotopic (exact) mass is 235 g/mol. The van der Waals surface area contributed by atoms with Gasteiger partial charge in [0, 0.05) is 6.54 Å². The average molecular weight is 235 g/mol. The molecule has 2 aromatic heterocycles. The maximum Gasteiger partial charge on any atom is 0.240 e. The van der Waals surface area contributed by atoms with Crippen molar-refractivity contribution in [3.05, 3.63) is 18.4 Å². The van der Waals surface area contributed by atoms with Crippen LogP contribution in [0.25, 0.3) is 11.6 Å². The van der Waals surface area contributed by atoms with Crippen LogP contribution < -0.4 is 5.32 Å². The molecular weight excluding hydrogens is 218 g/mol. The van der Waals surface area contributed by atoms with Crippen molar-refractivity contribution in [1.29, 1.82) is 0 Å². The summed E-state index contributed by atoms with van der Waals surface area (Å²) in [6, 6.07) is 3.62. The highest BCUT2D eigenvalue weighted by atomic mass is 16.3. The number of nitrogens with one attached hydrogen (secondary N) is 1. The zero-order valence-corrected chi connectivity index (χ0v) is 10.1.